The van der Waals surface area contributed by atoms with E-state index in [2.05, 4.69) is 5.32 Å². The molecule has 0 aliphatic carbocycles. The number of hydrogen-bond donors (Lipinski definition) is 3. The second kappa shape index (κ2) is 10.4. The highest BCUT2D eigenvalue weighted by Crippen LogP contribution is 2.46. The molecular formula is C27H33ClN2O5. The first-order valence-corrected chi connectivity index (χ1v) is 12.2. The monoisotopic (exact) mass is 500 g/mol. The van der Waals surface area contributed by atoms with Crippen molar-refractivity contribution < 1.29 is 24.6 Å². The second-order valence-corrected chi connectivity index (χ2v) is 10.4. The molecule has 0 aromatic heterocycles. The van der Waals surface area contributed by atoms with E-state index >= 15 is 0 Å². The number of carboxylic acid groups (broad SMARTS) is 1. The van der Waals surface area contributed by atoms with Crippen molar-refractivity contribution >= 4 is 29.4 Å². The Bertz CT molecular complexity index is 1100. The Morgan fingerprint density at radius 2 is 1.74 bits per heavy atom. The second-order valence-electron chi connectivity index (χ2n) is 9.98. The molecule has 188 valence electrons. The van der Waals surface area contributed by atoms with E-state index in [9.17, 15) is 24.6 Å². The quantitative estimate of drug-likeness (QED) is 0.524. The van der Waals surface area contributed by atoms with Crippen molar-refractivity contribution in [3.8, 4) is 0 Å². The van der Waals surface area contributed by atoms with Gasteiger partial charge >= 0.3 is 5.97 Å². The van der Waals surface area contributed by atoms with Gasteiger partial charge in [0, 0.05) is 29.1 Å². The van der Waals surface area contributed by atoms with Gasteiger partial charge in [0.05, 0.1) is 11.2 Å². The van der Waals surface area contributed by atoms with Gasteiger partial charge in [-0.3, -0.25) is 9.59 Å². The Morgan fingerprint density at radius 3 is 2.31 bits per heavy atom. The van der Waals surface area contributed by atoms with Crippen LogP contribution in [-0.2, 0) is 10.4 Å². The van der Waals surface area contributed by atoms with E-state index in [-0.39, 0.29) is 23.0 Å². The van der Waals surface area contributed by atoms with E-state index in [1.54, 1.807) is 17.0 Å². The van der Waals surface area contributed by atoms with Gasteiger partial charge in [-0.15, -0.1) is 0 Å². The zero-order valence-corrected chi connectivity index (χ0v) is 21.3. The molecule has 1 heterocycles. The van der Waals surface area contributed by atoms with Gasteiger partial charge < -0.3 is 20.4 Å². The van der Waals surface area contributed by atoms with Crippen LogP contribution in [0, 0.1) is 11.3 Å². The minimum Gasteiger partial charge on any atom is -0.478 e. The number of piperidine rings is 1. The minimum absolute atomic E-state index is 0.00308. The predicted octanol–water partition coefficient (Wildman–Crippen LogP) is 4.33. The molecule has 7 nitrogen and oxygen atoms in total. The van der Waals surface area contributed by atoms with E-state index in [0.29, 0.717) is 31.0 Å². The van der Waals surface area contributed by atoms with Crippen LogP contribution < -0.4 is 5.32 Å². The maximum absolute atomic E-state index is 13.6. The Morgan fingerprint density at radius 1 is 1.11 bits per heavy atom. The van der Waals surface area contributed by atoms with Crippen LogP contribution in [0.1, 0.15) is 66.8 Å². The summed E-state index contributed by atoms with van der Waals surface area (Å²) in [6.07, 6.45) is 1.01. The van der Waals surface area contributed by atoms with Gasteiger partial charge in [-0.25, -0.2) is 4.79 Å². The summed E-state index contributed by atoms with van der Waals surface area (Å²) >= 11 is 6.02. The molecular weight excluding hydrogens is 468 g/mol. The molecule has 3 atom stereocenters. The van der Waals surface area contributed by atoms with Crippen LogP contribution in [0.25, 0.3) is 0 Å². The summed E-state index contributed by atoms with van der Waals surface area (Å²) < 4.78 is 0. The molecule has 0 bridgehead atoms. The number of aromatic carboxylic acids is 1. The number of carbonyl (C=O) groups excluding carboxylic acids is 2. The number of nitrogens with one attached hydrogen (secondary N) is 1. The number of nitrogens with zero attached hydrogens (tertiary/aromatic N) is 1. The average Bonchev–Trinajstić information content (AvgIpc) is 2.83. The van der Waals surface area contributed by atoms with Crippen LogP contribution in [0.15, 0.2) is 48.5 Å². The molecule has 0 radical (unpaired) electrons. The van der Waals surface area contributed by atoms with Gasteiger partial charge in [-0.2, -0.15) is 0 Å². The van der Waals surface area contributed by atoms with Gasteiger partial charge in [0.15, 0.2) is 0 Å². The van der Waals surface area contributed by atoms with Crippen LogP contribution in [0.3, 0.4) is 0 Å². The van der Waals surface area contributed by atoms with E-state index in [1.165, 1.54) is 24.3 Å². The van der Waals surface area contributed by atoms with Crippen molar-refractivity contribution in [2.24, 2.45) is 11.3 Å². The summed E-state index contributed by atoms with van der Waals surface area (Å²) in [7, 11) is 0. The first kappa shape index (κ1) is 26.7. The smallest absolute Gasteiger partial charge is 0.335 e. The summed E-state index contributed by atoms with van der Waals surface area (Å²) in [5, 5.41) is 24.3. The topological polar surface area (TPSA) is 107 Å². The molecule has 2 aromatic rings. The minimum atomic E-state index is -1.14. The fourth-order valence-electron chi connectivity index (χ4n) is 4.67. The molecule has 0 unspecified atom stereocenters. The number of rotatable bonds is 7. The predicted molar refractivity (Wildman–Crippen MR) is 134 cm³/mol. The summed E-state index contributed by atoms with van der Waals surface area (Å²) in [6, 6.07) is 12.1. The molecule has 0 spiro atoms. The lowest BCUT2D eigenvalue weighted by atomic mass is 9.66. The molecule has 2 amide bonds. The molecule has 1 saturated heterocycles. The highest BCUT2D eigenvalue weighted by molar-refractivity contribution is 6.30. The standard InChI is InChI=1S/C27H33ClN2O5/c1-5-17(2)22(29-23(31)18-7-6-8-19(15-18)25(33)34)24(32)30-14-13-27(35,26(3,4)16-30)20-9-11-21(28)12-10-20/h6-12,15,17,22,35H,5,13-14,16H2,1-4H3,(H,29,31)(H,33,34)/t17-,22+,27-/m0/s1. The molecule has 1 fully saturated rings. The maximum Gasteiger partial charge on any atom is 0.335 e. The van der Waals surface area contributed by atoms with E-state index < -0.39 is 28.9 Å². The van der Waals surface area contributed by atoms with Gasteiger partial charge in [-0.05, 0) is 48.2 Å². The van der Waals surface area contributed by atoms with Crippen LogP contribution in [0.4, 0.5) is 0 Å². The SMILES string of the molecule is CC[C@H](C)[C@@H](NC(=O)c1cccc(C(=O)O)c1)C(=O)N1CC[C@](O)(c2ccc(Cl)cc2)C(C)(C)C1. The highest BCUT2D eigenvalue weighted by atomic mass is 35.5. The molecule has 35 heavy (non-hydrogen) atoms. The Balaban J connectivity index is 1.81. The van der Waals surface area contributed by atoms with Crippen LogP contribution in [0.2, 0.25) is 5.02 Å². The third kappa shape index (κ3) is 5.52. The number of carboxylic acids is 1. The Labute approximate surface area is 211 Å². The first-order chi connectivity index (χ1) is 16.4. The van der Waals surface area contributed by atoms with Crippen LogP contribution >= 0.6 is 11.6 Å². The number of aliphatic hydroxyl groups is 1. The lowest BCUT2D eigenvalue weighted by molar-refractivity contribution is -0.155. The van der Waals surface area contributed by atoms with Crippen molar-refractivity contribution in [2.75, 3.05) is 13.1 Å². The zero-order chi connectivity index (χ0) is 26.0. The number of carbonyl (C=O) groups is 3. The molecule has 1 aliphatic heterocycles. The number of likely N-dealkylation sites (tertiary alicyclic amines) is 1. The fourth-order valence-corrected chi connectivity index (χ4v) is 4.79. The average molecular weight is 501 g/mol. The summed E-state index contributed by atoms with van der Waals surface area (Å²) in [5.41, 5.74) is -0.857. The van der Waals surface area contributed by atoms with Crippen molar-refractivity contribution in [3.63, 3.8) is 0 Å². The van der Waals surface area contributed by atoms with Crippen molar-refractivity contribution in [3.05, 3.63) is 70.2 Å². The van der Waals surface area contributed by atoms with E-state index in [0.717, 1.165) is 5.56 Å². The van der Waals surface area contributed by atoms with Gasteiger partial charge in [-0.1, -0.05) is 63.9 Å². The molecule has 8 heteroatoms. The number of amides is 2. The van der Waals surface area contributed by atoms with Crippen molar-refractivity contribution in [2.45, 2.75) is 52.2 Å². The van der Waals surface area contributed by atoms with Crippen molar-refractivity contribution in [1.82, 2.24) is 10.2 Å². The normalized spacial score (nSPS) is 21.1. The zero-order valence-electron chi connectivity index (χ0n) is 20.5. The first-order valence-electron chi connectivity index (χ1n) is 11.8. The molecule has 3 N–H and O–H groups in total. The van der Waals surface area contributed by atoms with Gasteiger partial charge in [0.1, 0.15) is 6.04 Å². The lowest BCUT2D eigenvalue weighted by Gasteiger charge is -2.51. The van der Waals surface area contributed by atoms with Crippen LogP contribution in [0.5, 0.6) is 0 Å². The number of benzene rings is 2. The largest absolute Gasteiger partial charge is 0.478 e. The Hall–Kier alpha value is -2.90. The van der Waals surface area contributed by atoms with Gasteiger partial charge in [0.2, 0.25) is 5.91 Å². The Kier molecular flexibility index (Phi) is 7.92. The fraction of sp³-hybridized carbons (Fsp3) is 0.444. The number of hydrogen-bond acceptors (Lipinski definition) is 4. The highest BCUT2D eigenvalue weighted by Gasteiger charge is 2.50. The van der Waals surface area contributed by atoms with Gasteiger partial charge in [0.25, 0.3) is 5.91 Å². The maximum atomic E-state index is 13.6. The molecule has 1 aliphatic rings. The third-order valence-electron chi connectivity index (χ3n) is 7.22. The molecule has 3 rings (SSSR count). The summed E-state index contributed by atoms with van der Waals surface area (Å²) in [4.78, 5) is 39.6. The lowest BCUT2D eigenvalue weighted by Crippen LogP contribution is -2.60. The van der Waals surface area contributed by atoms with Crippen molar-refractivity contribution in [1.29, 1.82) is 0 Å². The van der Waals surface area contributed by atoms with E-state index in [1.807, 2.05) is 39.8 Å². The van der Waals surface area contributed by atoms with Crippen LogP contribution in [-0.4, -0.2) is 52.0 Å². The third-order valence-corrected chi connectivity index (χ3v) is 7.47. The van der Waals surface area contributed by atoms with E-state index in [4.69, 9.17) is 11.6 Å². The number of halogens is 1. The summed E-state index contributed by atoms with van der Waals surface area (Å²) in [5.74, 6) is -1.98. The summed E-state index contributed by atoms with van der Waals surface area (Å²) in [6.45, 7) is 8.34. The molecule has 2 aromatic carbocycles. The molecule has 0 saturated carbocycles.